The van der Waals surface area contributed by atoms with Crippen LogP contribution in [0, 0.1) is 6.92 Å². The molecule has 3 heterocycles. The number of imidazole rings is 1. The zero-order valence-corrected chi connectivity index (χ0v) is 10.6. The number of hydrogen-bond donors (Lipinski definition) is 2. The maximum absolute atomic E-state index is 5.74. The molecule has 0 radical (unpaired) electrons. The molecule has 0 aromatic carbocycles. The predicted molar refractivity (Wildman–Crippen MR) is 71.6 cm³/mol. The Hall–Kier alpha value is -2.15. The van der Waals surface area contributed by atoms with E-state index in [2.05, 4.69) is 20.3 Å². The van der Waals surface area contributed by atoms with E-state index in [4.69, 9.17) is 5.73 Å². The summed E-state index contributed by atoms with van der Waals surface area (Å²) in [5, 5.41) is 6.29. The summed E-state index contributed by atoms with van der Waals surface area (Å²) in [6.07, 6.45) is 5.29. The van der Waals surface area contributed by atoms with Crippen molar-refractivity contribution in [3.8, 4) is 0 Å². The molecule has 18 heavy (non-hydrogen) atoms. The lowest BCUT2D eigenvalue weighted by Crippen LogP contribution is -2.06. The second-order valence-corrected chi connectivity index (χ2v) is 4.95. The van der Waals surface area contributed by atoms with Crippen LogP contribution in [-0.4, -0.2) is 19.4 Å². The molecule has 0 saturated heterocycles. The van der Waals surface area contributed by atoms with Gasteiger partial charge in [-0.05, 0) is 6.92 Å². The number of hydrogen-bond acceptors (Lipinski definition) is 6. The Labute approximate surface area is 108 Å². The molecule has 0 atom stereocenters. The minimum Gasteiger partial charge on any atom is -0.382 e. The number of aryl methyl sites for hydroxylation is 1. The van der Waals surface area contributed by atoms with Crippen molar-refractivity contribution in [3.05, 3.63) is 34.7 Å². The van der Waals surface area contributed by atoms with E-state index in [9.17, 15) is 0 Å². The molecule has 0 bridgehead atoms. The van der Waals surface area contributed by atoms with Gasteiger partial charge in [0.25, 0.3) is 0 Å². The lowest BCUT2D eigenvalue weighted by Gasteiger charge is -2.06. The highest BCUT2D eigenvalue weighted by Crippen LogP contribution is 2.16. The first kappa shape index (κ1) is 11.0. The van der Waals surface area contributed by atoms with Crippen molar-refractivity contribution >= 4 is 28.6 Å². The highest BCUT2D eigenvalue weighted by Gasteiger charge is 2.06. The average Bonchev–Trinajstić information content (AvgIpc) is 2.94. The first-order valence-corrected chi connectivity index (χ1v) is 6.34. The Bertz CT molecular complexity index is 686. The number of rotatable bonds is 3. The molecule has 0 amide bonds. The predicted octanol–water partition coefficient (Wildman–Crippen LogP) is 1.69. The number of nitrogens with one attached hydrogen (secondary N) is 1. The van der Waals surface area contributed by atoms with Crippen LogP contribution in [-0.2, 0) is 6.54 Å². The van der Waals surface area contributed by atoms with Gasteiger partial charge in [0.05, 0.1) is 23.4 Å². The second-order valence-electron chi connectivity index (χ2n) is 3.88. The Kier molecular flexibility index (Phi) is 2.60. The first-order chi connectivity index (χ1) is 8.72. The molecule has 6 nitrogen and oxygen atoms in total. The monoisotopic (exact) mass is 260 g/mol. The van der Waals surface area contributed by atoms with Crippen molar-refractivity contribution in [2.45, 2.75) is 13.5 Å². The van der Waals surface area contributed by atoms with Crippen molar-refractivity contribution in [2.75, 3.05) is 11.1 Å². The molecule has 7 heteroatoms. The zero-order valence-electron chi connectivity index (χ0n) is 9.79. The van der Waals surface area contributed by atoms with Crippen LogP contribution < -0.4 is 11.1 Å². The Morgan fingerprint density at radius 2 is 2.33 bits per heavy atom. The molecule has 92 valence electrons. The number of nitrogens with zero attached hydrogens (tertiary/aromatic N) is 4. The summed E-state index contributed by atoms with van der Waals surface area (Å²) in [4.78, 5) is 12.9. The van der Waals surface area contributed by atoms with E-state index in [1.54, 1.807) is 23.7 Å². The van der Waals surface area contributed by atoms with Crippen LogP contribution in [0.4, 0.5) is 11.6 Å². The molecule has 0 fully saturated rings. The van der Waals surface area contributed by atoms with Crippen LogP contribution in [0.15, 0.2) is 24.0 Å². The lowest BCUT2D eigenvalue weighted by molar-refractivity contribution is 1.03. The third kappa shape index (κ3) is 2.00. The van der Waals surface area contributed by atoms with E-state index in [0.717, 1.165) is 16.3 Å². The summed E-state index contributed by atoms with van der Waals surface area (Å²) >= 11 is 1.63. The second kappa shape index (κ2) is 4.26. The number of nitrogens with two attached hydrogens (primary N) is 1. The topological polar surface area (TPSA) is 81.1 Å². The Balaban J connectivity index is 1.87. The van der Waals surface area contributed by atoms with Crippen LogP contribution in [0.5, 0.6) is 0 Å². The van der Waals surface area contributed by atoms with Gasteiger partial charge in [-0.15, -0.1) is 11.3 Å². The van der Waals surface area contributed by atoms with Gasteiger partial charge < -0.3 is 15.5 Å². The molecule has 0 saturated carbocycles. The molecule has 3 N–H and O–H groups in total. The molecular weight excluding hydrogens is 248 g/mol. The summed E-state index contributed by atoms with van der Waals surface area (Å²) in [5.41, 5.74) is 7.50. The number of thiazole rings is 1. The number of fused-ring (bicyclic) bond motifs is 1. The van der Waals surface area contributed by atoms with E-state index in [1.165, 1.54) is 0 Å². The van der Waals surface area contributed by atoms with Gasteiger partial charge in [-0.2, -0.15) is 0 Å². The lowest BCUT2D eigenvalue weighted by atomic mass is 10.4. The van der Waals surface area contributed by atoms with Gasteiger partial charge in [0.15, 0.2) is 11.5 Å². The smallest absolute Gasteiger partial charge is 0.180 e. The maximum Gasteiger partial charge on any atom is 0.180 e. The van der Waals surface area contributed by atoms with Crippen LogP contribution >= 0.6 is 11.3 Å². The van der Waals surface area contributed by atoms with Crippen LogP contribution in [0.25, 0.3) is 5.65 Å². The van der Waals surface area contributed by atoms with Crippen molar-refractivity contribution in [2.24, 2.45) is 0 Å². The van der Waals surface area contributed by atoms with Crippen molar-refractivity contribution < 1.29 is 0 Å². The van der Waals surface area contributed by atoms with E-state index >= 15 is 0 Å². The van der Waals surface area contributed by atoms with Gasteiger partial charge >= 0.3 is 0 Å². The minimum atomic E-state index is 0.456. The van der Waals surface area contributed by atoms with Gasteiger partial charge in [0.2, 0.25) is 0 Å². The number of nitrogen functional groups attached to an aromatic ring is 1. The van der Waals surface area contributed by atoms with Crippen LogP contribution in [0.3, 0.4) is 0 Å². The normalized spacial score (nSPS) is 10.9. The quantitative estimate of drug-likeness (QED) is 0.749. The van der Waals surface area contributed by atoms with Crippen LogP contribution in [0.2, 0.25) is 0 Å². The summed E-state index contributed by atoms with van der Waals surface area (Å²) in [7, 11) is 0. The van der Waals surface area contributed by atoms with Crippen molar-refractivity contribution in [1.82, 2.24) is 19.4 Å². The molecule has 0 aliphatic carbocycles. The molecule has 0 aliphatic heterocycles. The summed E-state index contributed by atoms with van der Waals surface area (Å²) in [5.74, 6) is 1.13. The van der Waals surface area contributed by atoms with Crippen molar-refractivity contribution in [3.63, 3.8) is 0 Å². The van der Waals surface area contributed by atoms with Gasteiger partial charge in [-0.1, -0.05) is 0 Å². The maximum atomic E-state index is 5.74. The van der Waals surface area contributed by atoms with Gasteiger partial charge in [0, 0.05) is 17.8 Å². The number of anilines is 2. The third-order valence-electron chi connectivity index (χ3n) is 2.50. The SMILES string of the molecule is Cc1nc(CNc2nc(N)cn3ccnc23)cs1. The first-order valence-electron chi connectivity index (χ1n) is 5.46. The van der Waals surface area contributed by atoms with Gasteiger partial charge in [0.1, 0.15) is 5.82 Å². The van der Waals surface area contributed by atoms with E-state index in [-0.39, 0.29) is 0 Å². The highest BCUT2D eigenvalue weighted by atomic mass is 32.1. The summed E-state index contributed by atoms with van der Waals surface area (Å²) in [6, 6.07) is 0. The standard InChI is InChI=1S/C11H12N6S/c1-7-15-8(6-18-7)4-14-10-11-13-2-3-17(11)5-9(12)16-10/h2-3,5-6H,4,12H2,1H3,(H,14,16). The molecule has 3 aromatic heterocycles. The molecule has 0 aliphatic rings. The Morgan fingerprint density at radius 3 is 3.11 bits per heavy atom. The van der Waals surface area contributed by atoms with Gasteiger partial charge in [-0.25, -0.2) is 15.0 Å². The highest BCUT2D eigenvalue weighted by molar-refractivity contribution is 7.09. The fourth-order valence-electron chi connectivity index (χ4n) is 1.73. The molecular formula is C11H12N6S. The van der Waals surface area contributed by atoms with E-state index < -0.39 is 0 Å². The number of aromatic nitrogens is 4. The van der Waals surface area contributed by atoms with Crippen molar-refractivity contribution in [1.29, 1.82) is 0 Å². The summed E-state index contributed by atoms with van der Waals surface area (Å²) < 4.78 is 1.84. The molecule has 3 aromatic rings. The van der Waals surface area contributed by atoms with E-state index in [1.807, 2.05) is 22.9 Å². The average molecular weight is 260 g/mol. The molecule has 3 rings (SSSR count). The summed E-state index contributed by atoms with van der Waals surface area (Å²) in [6.45, 7) is 2.60. The largest absolute Gasteiger partial charge is 0.382 e. The minimum absolute atomic E-state index is 0.456. The Morgan fingerprint density at radius 1 is 1.44 bits per heavy atom. The van der Waals surface area contributed by atoms with Gasteiger partial charge in [-0.3, -0.25) is 0 Å². The fourth-order valence-corrected chi connectivity index (χ4v) is 2.35. The zero-order chi connectivity index (χ0) is 12.5. The fraction of sp³-hybridized carbons (Fsp3) is 0.182. The molecule has 0 unspecified atom stereocenters. The van der Waals surface area contributed by atoms with Crippen LogP contribution in [0.1, 0.15) is 10.7 Å². The third-order valence-corrected chi connectivity index (χ3v) is 3.32. The van der Waals surface area contributed by atoms with E-state index in [0.29, 0.717) is 18.2 Å². The molecule has 0 spiro atoms.